The highest BCUT2D eigenvalue weighted by Crippen LogP contribution is 2.36. The second kappa shape index (κ2) is 9.56. The minimum atomic E-state index is -5.61. The molecule has 3 N–H and O–H groups in total. The molecular formula is C24H17F6N3O3S. The molecule has 37 heavy (non-hydrogen) atoms. The molecule has 0 radical (unpaired) electrons. The first kappa shape index (κ1) is 26.2. The number of aromatic nitrogens is 2. The normalized spacial score (nSPS) is 13.1. The number of primary sulfonamides is 1. The summed E-state index contributed by atoms with van der Waals surface area (Å²) in [5.74, 6) is -0.186. The van der Waals surface area contributed by atoms with Gasteiger partial charge >= 0.3 is 12.4 Å². The fourth-order valence-electron chi connectivity index (χ4n) is 3.51. The van der Waals surface area contributed by atoms with Gasteiger partial charge in [0.2, 0.25) is 10.0 Å². The summed E-state index contributed by atoms with van der Waals surface area (Å²) in [6.45, 7) is 0. The molecule has 4 aromatic rings. The van der Waals surface area contributed by atoms with E-state index in [-0.39, 0.29) is 4.90 Å². The lowest BCUT2D eigenvalue weighted by atomic mass is 10.1. The van der Waals surface area contributed by atoms with Gasteiger partial charge in [-0.2, -0.15) is 26.3 Å². The standard InChI is InChI=1S/C24H17F6N3O3S/c25-23(26,27)22(24(28,29)30)36-16-9-5-14(6-10-16)7-12-21-32-18-11-8-15(13-19(18)33-21)17-3-1-2-4-20(17)37(31,34)35/h1-13,22H,(H,32,33)(H2,31,34,35). The van der Waals surface area contributed by atoms with Gasteiger partial charge in [-0.15, -0.1) is 0 Å². The fraction of sp³-hybridized carbons (Fsp3) is 0.125. The summed E-state index contributed by atoms with van der Waals surface area (Å²) in [7, 11) is -3.95. The van der Waals surface area contributed by atoms with Crippen molar-refractivity contribution in [3.8, 4) is 16.9 Å². The number of benzene rings is 3. The first-order valence-corrected chi connectivity index (χ1v) is 12.0. The Balaban J connectivity index is 1.54. The van der Waals surface area contributed by atoms with Gasteiger partial charge in [0.05, 0.1) is 15.9 Å². The van der Waals surface area contributed by atoms with E-state index in [1.165, 1.54) is 18.2 Å². The second-order valence-corrected chi connectivity index (χ2v) is 9.41. The Morgan fingerprint density at radius 3 is 2.16 bits per heavy atom. The monoisotopic (exact) mass is 541 g/mol. The summed E-state index contributed by atoms with van der Waals surface area (Å²) in [5, 5.41) is 5.31. The van der Waals surface area contributed by atoms with Gasteiger partial charge in [0, 0.05) is 5.56 Å². The maximum atomic E-state index is 12.7. The number of nitrogens with two attached hydrogens (primary N) is 1. The average Bonchev–Trinajstić information content (AvgIpc) is 3.22. The highest BCUT2D eigenvalue weighted by atomic mass is 32.2. The van der Waals surface area contributed by atoms with Crippen LogP contribution < -0.4 is 9.88 Å². The number of H-pyrrole nitrogens is 1. The van der Waals surface area contributed by atoms with Crippen molar-refractivity contribution in [3.05, 3.63) is 78.1 Å². The number of imidazole rings is 1. The maximum absolute atomic E-state index is 12.7. The van der Waals surface area contributed by atoms with Crippen LogP contribution >= 0.6 is 0 Å². The Kier molecular flexibility index (Phi) is 6.78. The molecule has 6 nitrogen and oxygen atoms in total. The molecule has 0 saturated carbocycles. The number of fused-ring (bicyclic) bond motifs is 1. The number of halogens is 6. The predicted molar refractivity (Wildman–Crippen MR) is 125 cm³/mol. The van der Waals surface area contributed by atoms with E-state index in [0.29, 0.717) is 33.5 Å². The molecule has 1 heterocycles. The Morgan fingerprint density at radius 1 is 0.892 bits per heavy atom. The molecule has 194 valence electrons. The van der Waals surface area contributed by atoms with Crippen LogP contribution in [0.15, 0.2) is 71.6 Å². The van der Waals surface area contributed by atoms with E-state index in [9.17, 15) is 34.8 Å². The number of alkyl halides is 6. The van der Waals surface area contributed by atoms with Crippen molar-refractivity contribution in [1.29, 1.82) is 0 Å². The smallest absolute Gasteiger partial charge is 0.434 e. The summed E-state index contributed by atoms with van der Waals surface area (Å²) in [6, 6.07) is 15.9. The van der Waals surface area contributed by atoms with Crippen LogP contribution in [0.4, 0.5) is 26.3 Å². The number of hydrogen-bond donors (Lipinski definition) is 2. The van der Waals surface area contributed by atoms with Gasteiger partial charge in [0.25, 0.3) is 6.10 Å². The Labute approximate surface area is 206 Å². The van der Waals surface area contributed by atoms with Crippen LogP contribution in [0.1, 0.15) is 11.4 Å². The SMILES string of the molecule is NS(=O)(=O)c1ccccc1-c1ccc2[nH]c(C=Cc3ccc(OC(C(F)(F)F)C(F)(F)F)cc3)nc2c1. The lowest BCUT2D eigenvalue weighted by Crippen LogP contribution is -2.46. The number of aromatic amines is 1. The van der Waals surface area contributed by atoms with Crippen molar-refractivity contribution in [2.45, 2.75) is 23.4 Å². The summed E-state index contributed by atoms with van der Waals surface area (Å²) >= 11 is 0. The summed E-state index contributed by atoms with van der Waals surface area (Å²) < 4.78 is 104. The second-order valence-electron chi connectivity index (χ2n) is 7.88. The highest BCUT2D eigenvalue weighted by Gasteiger charge is 2.59. The van der Waals surface area contributed by atoms with E-state index >= 15 is 0 Å². The molecule has 0 bridgehead atoms. The topological polar surface area (TPSA) is 98.1 Å². The van der Waals surface area contributed by atoms with Crippen molar-refractivity contribution in [3.63, 3.8) is 0 Å². The summed E-state index contributed by atoms with van der Waals surface area (Å²) in [4.78, 5) is 7.43. The average molecular weight is 541 g/mol. The molecule has 3 aromatic carbocycles. The molecular weight excluding hydrogens is 524 g/mol. The van der Waals surface area contributed by atoms with Gasteiger partial charge < -0.3 is 9.72 Å². The molecule has 0 atom stereocenters. The molecule has 0 unspecified atom stereocenters. The van der Waals surface area contributed by atoms with E-state index in [1.54, 1.807) is 48.6 Å². The maximum Gasteiger partial charge on any atom is 0.434 e. The Hall–Kier alpha value is -3.84. The minimum absolute atomic E-state index is 0.0331. The summed E-state index contributed by atoms with van der Waals surface area (Å²) in [5.41, 5.74) is 2.62. The molecule has 0 spiro atoms. The van der Waals surface area contributed by atoms with Gasteiger partial charge in [0.1, 0.15) is 11.6 Å². The minimum Gasteiger partial charge on any atom is -0.471 e. The van der Waals surface area contributed by atoms with Crippen LogP contribution in [0, 0.1) is 0 Å². The van der Waals surface area contributed by atoms with Crippen LogP contribution in [-0.4, -0.2) is 36.8 Å². The molecule has 0 amide bonds. The zero-order valence-electron chi connectivity index (χ0n) is 18.5. The van der Waals surface area contributed by atoms with Crippen molar-refractivity contribution < 1.29 is 39.5 Å². The third kappa shape index (κ3) is 6.12. The molecule has 1 aromatic heterocycles. The Bertz CT molecular complexity index is 1550. The van der Waals surface area contributed by atoms with Gasteiger partial charge in [-0.05, 0) is 47.5 Å². The van der Waals surface area contributed by atoms with Crippen molar-refractivity contribution in [2.24, 2.45) is 5.14 Å². The van der Waals surface area contributed by atoms with Crippen LogP contribution in [0.25, 0.3) is 34.3 Å². The molecule has 4 rings (SSSR count). The lowest BCUT2D eigenvalue weighted by molar-refractivity contribution is -0.299. The van der Waals surface area contributed by atoms with Crippen LogP contribution in [0.3, 0.4) is 0 Å². The quantitative estimate of drug-likeness (QED) is 0.296. The molecule has 13 heteroatoms. The van der Waals surface area contributed by atoms with Gasteiger partial charge in [-0.25, -0.2) is 18.5 Å². The van der Waals surface area contributed by atoms with E-state index in [4.69, 9.17) is 5.14 Å². The first-order chi connectivity index (χ1) is 17.2. The first-order valence-electron chi connectivity index (χ1n) is 10.4. The number of hydrogen-bond acceptors (Lipinski definition) is 4. The molecule has 0 aliphatic heterocycles. The highest BCUT2D eigenvalue weighted by molar-refractivity contribution is 7.89. The number of rotatable bonds is 6. The van der Waals surface area contributed by atoms with Gasteiger partial charge in [-0.1, -0.05) is 42.5 Å². The molecule has 0 aliphatic carbocycles. The third-order valence-corrected chi connectivity index (χ3v) is 6.14. The van der Waals surface area contributed by atoms with Crippen LogP contribution in [0.2, 0.25) is 0 Å². The van der Waals surface area contributed by atoms with E-state index in [1.807, 2.05) is 0 Å². The van der Waals surface area contributed by atoms with Crippen molar-refractivity contribution >= 4 is 33.2 Å². The van der Waals surface area contributed by atoms with Crippen LogP contribution in [0.5, 0.6) is 5.75 Å². The van der Waals surface area contributed by atoms with Gasteiger partial charge in [-0.3, -0.25) is 0 Å². The third-order valence-electron chi connectivity index (χ3n) is 5.17. The molecule has 0 fully saturated rings. The number of nitrogens with zero attached hydrogens (tertiary/aromatic N) is 1. The Morgan fingerprint density at radius 2 is 1.54 bits per heavy atom. The summed E-state index contributed by atoms with van der Waals surface area (Å²) in [6.07, 6.45) is -12.1. The van der Waals surface area contributed by atoms with E-state index in [2.05, 4.69) is 14.7 Å². The molecule has 0 aliphatic rings. The zero-order chi connectivity index (χ0) is 27.0. The van der Waals surface area contributed by atoms with Crippen molar-refractivity contribution in [1.82, 2.24) is 9.97 Å². The number of ether oxygens (including phenoxy) is 1. The fourth-order valence-corrected chi connectivity index (χ4v) is 4.27. The van der Waals surface area contributed by atoms with Crippen molar-refractivity contribution in [2.75, 3.05) is 0 Å². The zero-order valence-corrected chi connectivity index (χ0v) is 19.3. The van der Waals surface area contributed by atoms with E-state index in [0.717, 1.165) is 12.1 Å². The molecule has 0 saturated heterocycles. The van der Waals surface area contributed by atoms with Gasteiger partial charge in [0.15, 0.2) is 0 Å². The predicted octanol–water partition coefficient (Wildman–Crippen LogP) is 5.92. The number of sulfonamides is 1. The lowest BCUT2D eigenvalue weighted by Gasteiger charge is -2.23. The largest absolute Gasteiger partial charge is 0.471 e. The van der Waals surface area contributed by atoms with E-state index < -0.39 is 34.2 Å². The number of nitrogens with one attached hydrogen (secondary N) is 1. The van der Waals surface area contributed by atoms with Crippen LogP contribution in [-0.2, 0) is 10.0 Å².